The van der Waals surface area contributed by atoms with Crippen LogP contribution in [0, 0.1) is 0 Å². The summed E-state index contributed by atoms with van der Waals surface area (Å²) >= 11 is 0. The van der Waals surface area contributed by atoms with Crippen molar-refractivity contribution >= 4 is 16.9 Å². The molecule has 22 heavy (non-hydrogen) atoms. The fourth-order valence-corrected chi connectivity index (χ4v) is 3.97. The summed E-state index contributed by atoms with van der Waals surface area (Å²) in [4.78, 5) is 17.9. The van der Waals surface area contributed by atoms with E-state index in [4.69, 9.17) is 4.74 Å². The Balaban J connectivity index is 1.91. The van der Waals surface area contributed by atoms with Crippen molar-refractivity contribution in [2.24, 2.45) is 0 Å². The van der Waals surface area contributed by atoms with Gasteiger partial charge in [0.1, 0.15) is 5.60 Å². The minimum Gasteiger partial charge on any atom is -0.444 e. The Morgan fingerprint density at radius 2 is 2.09 bits per heavy atom. The van der Waals surface area contributed by atoms with E-state index in [-0.39, 0.29) is 12.1 Å². The van der Waals surface area contributed by atoms with Gasteiger partial charge in [-0.05, 0) is 51.3 Å². The topological polar surface area (TPSA) is 59.5 Å². The van der Waals surface area contributed by atoms with Crippen molar-refractivity contribution in [3.05, 3.63) is 30.1 Å². The molecule has 1 aliphatic heterocycles. The molecule has 5 nitrogen and oxygen atoms in total. The van der Waals surface area contributed by atoms with E-state index in [1.165, 1.54) is 0 Å². The summed E-state index contributed by atoms with van der Waals surface area (Å²) in [6.07, 6.45) is 4.94. The lowest BCUT2D eigenvalue weighted by Gasteiger charge is -2.28. The van der Waals surface area contributed by atoms with Crippen molar-refractivity contribution in [3.63, 3.8) is 0 Å². The number of nitrogens with zero attached hydrogens (tertiary/aromatic N) is 2. The Hall–Kier alpha value is -1.43. The first-order valence-electron chi connectivity index (χ1n) is 7.58. The predicted octanol–water partition coefficient (Wildman–Crippen LogP) is 2.73. The lowest BCUT2D eigenvalue weighted by atomic mass is 10.2. The molecule has 6 heteroatoms. The number of hydrogen-bond acceptors (Lipinski definition) is 4. The minimum absolute atomic E-state index is 0.0116. The second-order valence-corrected chi connectivity index (χ2v) is 8.08. The van der Waals surface area contributed by atoms with Gasteiger partial charge in [-0.3, -0.25) is 9.19 Å². The molecule has 0 spiro atoms. The second-order valence-electron chi connectivity index (χ2n) is 6.58. The molecular formula is C16H24N2O3S. The predicted molar refractivity (Wildman–Crippen MR) is 86.9 cm³/mol. The molecule has 0 saturated carbocycles. The van der Waals surface area contributed by atoms with Gasteiger partial charge < -0.3 is 9.64 Å². The van der Waals surface area contributed by atoms with Crippen LogP contribution in [0.25, 0.3) is 0 Å². The Bertz CT molecular complexity index is 528. The molecule has 2 rings (SSSR count). The summed E-state index contributed by atoms with van der Waals surface area (Å²) in [5.74, 6) is 1.00. The van der Waals surface area contributed by atoms with E-state index in [1.807, 2.05) is 32.9 Å². The summed E-state index contributed by atoms with van der Waals surface area (Å²) in [6, 6.07) is 3.76. The van der Waals surface area contributed by atoms with Gasteiger partial charge in [0.05, 0.1) is 0 Å². The molecule has 1 aromatic heterocycles. The number of likely N-dealkylation sites (tertiary alicyclic amines) is 1. The van der Waals surface area contributed by atoms with Gasteiger partial charge in [0.25, 0.3) is 0 Å². The highest BCUT2D eigenvalue weighted by Crippen LogP contribution is 2.22. The molecule has 122 valence electrons. The van der Waals surface area contributed by atoms with Crippen LogP contribution in [0.2, 0.25) is 0 Å². The first-order chi connectivity index (χ1) is 10.3. The number of aromatic nitrogens is 1. The molecule has 0 radical (unpaired) electrons. The monoisotopic (exact) mass is 324 g/mol. The smallest absolute Gasteiger partial charge is 0.410 e. The van der Waals surface area contributed by atoms with Crippen molar-refractivity contribution in [2.45, 2.75) is 51.0 Å². The van der Waals surface area contributed by atoms with Crippen LogP contribution in [0.4, 0.5) is 4.79 Å². The SMILES string of the molecule is CC(C)(C)OC(=O)N1CCC[C@@H]1C[S@](=O)Cc1ccncc1. The van der Waals surface area contributed by atoms with Crippen LogP contribution in [0.15, 0.2) is 24.5 Å². The maximum Gasteiger partial charge on any atom is 0.410 e. The second kappa shape index (κ2) is 7.22. The standard InChI is InChI=1S/C16H24N2O3S/c1-16(2,3)21-15(19)18-10-4-5-14(18)12-22(20)11-13-6-8-17-9-7-13/h6-9,14H,4-5,10-12H2,1-3H3/t14-,22-/m1/s1. The third-order valence-corrected chi connectivity index (χ3v) is 4.87. The lowest BCUT2D eigenvalue weighted by molar-refractivity contribution is 0.0241. The van der Waals surface area contributed by atoms with Gasteiger partial charge in [-0.2, -0.15) is 0 Å². The van der Waals surface area contributed by atoms with Crippen LogP contribution in [0.5, 0.6) is 0 Å². The van der Waals surface area contributed by atoms with E-state index in [0.29, 0.717) is 18.1 Å². The number of carbonyl (C=O) groups excluding carboxylic acids is 1. The molecule has 1 amide bonds. The Kier molecular flexibility index (Phi) is 5.56. The van der Waals surface area contributed by atoms with Gasteiger partial charge >= 0.3 is 6.09 Å². The van der Waals surface area contributed by atoms with Crippen molar-refractivity contribution in [1.82, 2.24) is 9.88 Å². The highest BCUT2D eigenvalue weighted by atomic mass is 32.2. The number of carbonyl (C=O) groups is 1. The van der Waals surface area contributed by atoms with Crippen LogP contribution in [0.1, 0.15) is 39.2 Å². The van der Waals surface area contributed by atoms with Crippen LogP contribution >= 0.6 is 0 Å². The fraction of sp³-hybridized carbons (Fsp3) is 0.625. The van der Waals surface area contributed by atoms with Gasteiger partial charge in [0.15, 0.2) is 0 Å². The van der Waals surface area contributed by atoms with Gasteiger partial charge in [-0.15, -0.1) is 0 Å². The van der Waals surface area contributed by atoms with Crippen molar-refractivity contribution in [3.8, 4) is 0 Å². The largest absolute Gasteiger partial charge is 0.444 e. The van der Waals surface area contributed by atoms with E-state index in [9.17, 15) is 9.00 Å². The first-order valence-corrected chi connectivity index (χ1v) is 9.07. The quantitative estimate of drug-likeness (QED) is 0.854. The number of pyridine rings is 1. The Labute approximate surface area is 134 Å². The zero-order valence-corrected chi connectivity index (χ0v) is 14.3. The zero-order chi connectivity index (χ0) is 16.2. The highest BCUT2D eigenvalue weighted by molar-refractivity contribution is 7.84. The third kappa shape index (κ3) is 5.09. The molecule has 0 N–H and O–H groups in total. The Morgan fingerprint density at radius 3 is 2.73 bits per heavy atom. The Morgan fingerprint density at radius 1 is 1.41 bits per heavy atom. The summed E-state index contributed by atoms with van der Waals surface area (Å²) in [7, 11) is -0.998. The van der Waals surface area contributed by atoms with Gasteiger partial charge in [-0.25, -0.2) is 4.79 Å². The lowest BCUT2D eigenvalue weighted by Crippen LogP contribution is -2.42. The van der Waals surface area contributed by atoms with Gasteiger partial charge in [0.2, 0.25) is 0 Å². The fourth-order valence-electron chi connectivity index (χ4n) is 2.51. The summed E-state index contributed by atoms with van der Waals surface area (Å²) < 4.78 is 17.8. The first kappa shape index (κ1) is 16.9. The average Bonchev–Trinajstić information content (AvgIpc) is 2.86. The van der Waals surface area contributed by atoms with E-state index < -0.39 is 16.4 Å². The van der Waals surface area contributed by atoms with Crippen LogP contribution < -0.4 is 0 Å². The van der Waals surface area contributed by atoms with E-state index in [0.717, 1.165) is 18.4 Å². The number of hydrogen-bond donors (Lipinski definition) is 0. The van der Waals surface area contributed by atoms with E-state index in [1.54, 1.807) is 17.3 Å². The van der Waals surface area contributed by atoms with Crippen molar-refractivity contribution in [1.29, 1.82) is 0 Å². The van der Waals surface area contributed by atoms with E-state index in [2.05, 4.69) is 4.98 Å². The molecule has 0 aliphatic carbocycles. The molecule has 2 atom stereocenters. The maximum atomic E-state index is 12.3. The summed E-state index contributed by atoms with van der Waals surface area (Å²) in [5, 5.41) is 0. The van der Waals surface area contributed by atoms with Crippen molar-refractivity contribution in [2.75, 3.05) is 12.3 Å². The summed E-state index contributed by atoms with van der Waals surface area (Å²) in [5.41, 5.74) is 0.510. The van der Waals surface area contributed by atoms with Crippen molar-refractivity contribution < 1.29 is 13.7 Å². The molecule has 1 aliphatic rings. The molecule has 1 aromatic rings. The van der Waals surface area contributed by atoms with E-state index >= 15 is 0 Å². The number of ether oxygens (including phenoxy) is 1. The molecular weight excluding hydrogens is 300 g/mol. The summed E-state index contributed by atoms with van der Waals surface area (Å²) in [6.45, 7) is 6.26. The number of amides is 1. The molecule has 0 bridgehead atoms. The molecule has 0 aromatic carbocycles. The van der Waals surface area contributed by atoms with Gasteiger partial charge in [0, 0.05) is 47.3 Å². The highest BCUT2D eigenvalue weighted by Gasteiger charge is 2.33. The molecule has 2 heterocycles. The molecule has 1 saturated heterocycles. The molecule has 0 unspecified atom stereocenters. The van der Waals surface area contributed by atoms with Crippen LogP contribution in [-0.2, 0) is 21.3 Å². The normalized spacial score (nSPS) is 20.0. The zero-order valence-electron chi connectivity index (χ0n) is 13.4. The van der Waals surface area contributed by atoms with Gasteiger partial charge in [-0.1, -0.05) is 0 Å². The third-order valence-electron chi connectivity index (χ3n) is 3.46. The number of rotatable bonds is 4. The van der Waals surface area contributed by atoms with Crippen LogP contribution in [-0.4, -0.2) is 44.1 Å². The maximum absolute atomic E-state index is 12.3. The average molecular weight is 324 g/mol. The van der Waals surface area contributed by atoms with Crippen LogP contribution in [0.3, 0.4) is 0 Å². The minimum atomic E-state index is -0.998. The molecule has 1 fully saturated rings.